The first-order valence-corrected chi connectivity index (χ1v) is 9.73. The maximum Gasteiger partial charge on any atom is 0.337 e. The number of carbonyl (C=O) groups is 3. The highest BCUT2D eigenvalue weighted by atomic mass is 16.5. The fraction of sp³-hybridized carbons (Fsp3) is 0.429. The molecule has 1 N–H and O–H groups in total. The van der Waals surface area contributed by atoms with Crippen molar-refractivity contribution in [2.45, 2.75) is 25.7 Å². The summed E-state index contributed by atoms with van der Waals surface area (Å²) >= 11 is 0. The summed E-state index contributed by atoms with van der Waals surface area (Å²) in [4.78, 5) is 44.0. The number of carbonyl (C=O) groups excluding carboxylic acids is 3. The summed E-state index contributed by atoms with van der Waals surface area (Å²) < 4.78 is 10.4. The Morgan fingerprint density at radius 2 is 1.93 bits per heavy atom. The first-order valence-electron chi connectivity index (χ1n) is 9.73. The molecule has 9 nitrogen and oxygen atoms in total. The van der Waals surface area contributed by atoms with Gasteiger partial charge in [0.1, 0.15) is 5.76 Å². The molecule has 1 saturated heterocycles. The van der Waals surface area contributed by atoms with E-state index in [-0.39, 0.29) is 17.9 Å². The number of rotatable bonds is 4. The predicted octanol–water partition coefficient (Wildman–Crippen LogP) is 2.88. The second-order valence-corrected chi connectivity index (χ2v) is 7.42. The van der Waals surface area contributed by atoms with Gasteiger partial charge < -0.3 is 24.3 Å². The van der Waals surface area contributed by atoms with Crippen molar-refractivity contribution in [3.63, 3.8) is 0 Å². The van der Waals surface area contributed by atoms with E-state index >= 15 is 0 Å². The number of urea groups is 1. The molecule has 3 amide bonds. The zero-order valence-electron chi connectivity index (χ0n) is 17.6. The highest BCUT2D eigenvalue weighted by Crippen LogP contribution is 2.29. The Morgan fingerprint density at radius 3 is 2.57 bits per heavy atom. The van der Waals surface area contributed by atoms with E-state index in [0.29, 0.717) is 54.5 Å². The molecule has 1 fully saturated rings. The fourth-order valence-electron chi connectivity index (χ4n) is 3.38. The van der Waals surface area contributed by atoms with Crippen molar-refractivity contribution in [3.8, 4) is 0 Å². The van der Waals surface area contributed by atoms with Gasteiger partial charge in [-0.25, -0.2) is 14.6 Å². The molecular weight excluding hydrogens is 388 g/mol. The van der Waals surface area contributed by atoms with Crippen molar-refractivity contribution < 1.29 is 23.5 Å². The van der Waals surface area contributed by atoms with Crippen LogP contribution in [0.1, 0.15) is 51.3 Å². The van der Waals surface area contributed by atoms with Crippen molar-refractivity contribution in [2.75, 3.05) is 39.6 Å². The lowest BCUT2D eigenvalue weighted by Gasteiger charge is -2.30. The second-order valence-electron chi connectivity index (χ2n) is 7.42. The van der Waals surface area contributed by atoms with Gasteiger partial charge in [0.25, 0.3) is 5.91 Å². The number of hydrogen-bond donors (Lipinski definition) is 1. The molecule has 0 radical (unpaired) electrons. The topological polar surface area (TPSA) is 105 Å². The highest BCUT2D eigenvalue weighted by Gasteiger charge is 2.29. The van der Waals surface area contributed by atoms with Crippen LogP contribution in [-0.4, -0.2) is 67.0 Å². The van der Waals surface area contributed by atoms with Crippen LogP contribution in [0.2, 0.25) is 0 Å². The third-order valence-corrected chi connectivity index (χ3v) is 5.09. The van der Waals surface area contributed by atoms with Crippen LogP contribution >= 0.6 is 0 Å². The maximum absolute atomic E-state index is 12.6. The minimum Gasteiger partial charge on any atom is -0.465 e. The molecule has 2 heterocycles. The van der Waals surface area contributed by atoms with Gasteiger partial charge in [0.05, 0.1) is 12.7 Å². The molecule has 9 heteroatoms. The quantitative estimate of drug-likeness (QED) is 0.772. The van der Waals surface area contributed by atoms with Gasteiger partial charge in [-0.2, -0.15) is 0 Å². The van der Waals surface area contributed by atoms with Crippen molar-refractivity contribution in [2.24, 2.45) is 0 Å². The van der Waals surface area contributed by atoms with Crippen molar-refractivity contribution in [3.05, 3.63) is 47.2 Å². The second kappa shape index (κ2) is 8.98. The third kappa shape index (κ3) is 4.61. The summed E-state index contributed by atoms with van der Waals surface area (Å²) in [6, 6.07) is 6.37. The molecule has 0 spiro atoms. The van der Waals surface area contributed by atoms with Gasteiger partial charge in [0.15, 0.2) is 11.6 Å². The van der Waals surface area contributed by atoms with Crippen molar-refractivity contribution >= 4 is 23.6 Å². The molecule has 1 aromatic heterocycles. The van der Waals surface area contributed by atoms with E-state index in [0.717, 1.165) is 0 Å². The van der Waals surface area contributed by atoms with Gasteiger partial charge in [-0.3, -0.25) is 4.79 Å². The number of esters is 1. The Labute approximate surface area is 175 Å². The van der Waals surface area contributed by atoms with Gasteiger partial charge in [-0.1, -0.05) is 6.07 Å². The molecular formula is C21H26N4O5. The summed E-state index contributed by atoms with van der Waals surface area (Å²) in [6.45, 7) is 2.80. The highest BCUT2D eigenvalue weighted by molar-refractivity contribution is 5.94. The number of aryl methyl sites for hydroxylation is 1. The Kier molecular flexibility index (Phi) is 6.39. The molecule has 0 atom stereocenters. The average Bonchev–Trinajstić information content (AvgIpc) is 3.14. The van der Waals surface area contributed by atoms with Gasteiger partial charge in [-0.05, 0) is 38.0 Å². The molecule has 1 aromatic carbocycles. The number of hydrogen-bond acceptors (Lipinski definition) is 6. The van der Waals surface area contributed by atoms with Crippen LogP contribution in [-0.2, 0) is 4.74 Å². The average molecular weight is 414 g/mol. The van der Waals surface area contributed by atoms with E-state index in [1.54, 1.807) is 50.2 Å². The fourth-order valence-corrected chi connectivity index (χ4v) is 3.38. The Morgan fingerprint density at radius 1 is 1.23 bits per heavy atom. The SMILES string of the molecule is COC(=O)c1cccc(NC(=O)N2CCC(c3nc(C(=O)N(C)C)c(C)o3)CC2)c1. The van der Waals surface area contributed by atoms with Crippen LogP contribution in [0, 0.1) is 6.92 Å². The molecule has 2 aromatic rings. The summed E-state index contributed by atoms with van der Waals surface area (Å²) in [5, 5.41) is 2.82. The third-order valence-electron chi connectivity index (χ3n) is 5.09. The summed E-state index contributed by atoms with van der Waals surface area (Å²) in [5.74, 6) is 0.464. The largest absolute Gasteiger partial charge is 0.465 e. The maximum atomic E-state index is 12.6. The molecule has 1 aliphatic heterocycles. The zero-order valence-corrected chi connectivity index (χ0v) is 17.6. The van der Waals surface area contributed by atoms with Crippen LogP contribution in [0.25, 0.3) is 0 Å². The standard InChI is InChI=1S/C21H26N4O5/c1-13-17(19(26)24(2)3)23-18(30-13)14-8-10-25(11-9-14)21(28)22-16-7-5-6-15(12-16)20(27)29-4/h5-7,12,14H,8-11H2,1-4H3,(H,22,28). The molecule has 0 saturated carbocycles. The molecule has 0 aliphatic carbocycles. The van der Waals surface area contributed by atoms with E-state index in [9.17, 15) is 14.4 Å². The number of benzene rings is 1. The van der Waals surface area contributed by atoms with E-state index in [1.165, 1.54) is 12.0 Å². The van der Waals surface area contributed by atoms with Crippen molar-refractivity contribution in [1.82, 2.24) is 14.8 Å². The summed E-state index contributed by atoms with van der Waals surface area (Å²) in [7, 11) is 4.66. The normalized spacial score (nSPS) is 14.3. The number of oxazole rings is 1. The smallest absolute Gasteiger partial charge is 0.337 e. The summed E-state index contributed by atoms with van der Waals surface area (Å²) in [6.07, 6.45) is 1.37. The molecule has 1 aliphatic rings. The first kappa shape index (κ1) is 21.4. The van der Waals surface area contributed by atoms with Gasteiger partial charge in [0, 0.05) is 38.8 Å². The first-order chi connectivity index (χ1) is 14.3. The molecule has 3 rings (SSSR count). The van der Waals surface area contributed by atoms with Crippen LogP contribution in [0.4, 0.5) is 10.5 Å². The van der Waals surface area contributed by atoms with E-state index in [2.05, 4.69) is 10.3 Å². The van der Waals surface area contributed by atoms with E-state index < -0.39 is 5.97 Å². The van der Waals surface area contributed by atoms with Crippen molar-refractivity contribution in [1.29, 1.82) is 0 Å². The lowest BCUT2D eigenvalue weighted by Crippen LogP contribution is -2.40. The summed E-state index contributed by atoms with van der Waals surface area (Å²) in [5.41, 5.74) is 1.23. The molecule has 0 unspecified atom stereocenters. The number of aromatic nitrogens is 1. The number of piperidine rings is 1. The number of amides is 3. The minimum absolute atomic E-state index is 0.0547. The Balaban J connectivity index is 1.59. The predicted molar refractivity (Wildman–Crippen MR) is 110 cm³/mol. The lowest BCUT2D eigenvalue weighted by molar-refractivity contribution is 0.0600. The van der Waals surface area contributed by atoms with E-state index in [4.69, 9.17) is 9.15 Å². The number of anilines is 1. The molecule has 30 heavy (non-hydrogen) atoms. The number of nitrogens with zero attached hydrogens (tertiary/aromatic N) is 3. The van der Waals surface area contributed by atoms with Crippen LogP contribution < -0.4 is 5.32 Å². The van der Waals surface area contributed by atoms with Gasteiger partial charge in [-0.15, -0.1) is 0 Å². The van der Waals surface area contributed by atoms with Crippen LogP contribution in [0.5, 0.6) is 0 Å². The number of nitrogens with one attached hydrogen (secondary N) is 1. The molecule has 160 valence electrons. The lowest BCUT2D eigenvalue weighted by atomic mass is 9.97. The minimum atomic E-state index is -0.458. The number of likely N-dealkylation sites (tertiary alicyclic amines) is 1. The Hall–Kier alpha value is -3.36. The van der Waals surface area contributed by atoms with Crippen LogP contribution in [0.15, 0.2) is 28.7 Å². The number of methoxy groups -OCH3 is 1. The van der Waals surface area contributed by atoms with Crippen LogP contribution in [0.3, 0.4) is 0 Å². The van der Waals surface area contributed by atoms with E-state index in [1.807, 2.05) is 0 Å². The van der Waals surface area contributed by atoms with Gasteiger partial charge >= 0.3 is 12.0 Å². The number of ether oxygens (including phenoxy) is 1. The Bertz CT molecular complexity index is 945. The monoisotopic (exact) mass is 414 g/mol. The zero-order chi connectivity index (χ0) is 21.8. The van der Waals surface area contributed by atoms with Gasteiger partial charge in [0.2, 0.25) is 0 Å². The molecule has 0 bridgehead atoms.